The highest BCUT2D eigenvalue weighted by molar-refractivity contribution is 5.99. The molecular weight excluding hydrogens is 445 g/mol. The summed E-state index contributed by atoms with van der Waals surface area (Å²) in [4.78, 5) is 21.6. The first-order valence-electron chi connectivity index (χ1n) is 10.9. The fourth-order valence-corrected chi connectivity index (χ4v) is 3.54. The number of rotatable bonds is 8. The molecule has 7 nitrogen and oxygen atoms in total. The summed E-state index contributed by atoms with van der Waals surface area (Å²) in [7, 11) is 0. The Balaban J connectivity index is 1.61. The molecule has 1 atom stereocenters. The van der Waals surface area contributed by atoms with Gasteiger partial charge in [0.05, 0.1) is 29.0 Å². The molecule has 8 heteroatoms. The molecule has 0 saturated carbocycles. The smallest absolute Gasteiger partial charge is 0.255 e. The molecule has 0 bridgehead atoms. The number of aromatic nitrogens is 2. The van der Waals surface area contributed by atoms with E-state index in [0.717, 1.165) is 5.56 Å². The van der Waals surface area contributed by atoms with E-state index in [2.05, 4.69) is 26.7 Å². The SMILES string of the molecule is N#Cc1ccccc1-c1ccc(C(=O)NCc2cccnc2)c(NCC(O)c2cccc(F)c2)n1. The zero-order chi connectivity index (χ0) is 24.6. The quantitative estimate of drug-likeness (QED) is 0.358. The van der Waals surface area contributed by atoms with Gasteiger partial charge in [-0.1, -0.05) is 36.4 Å². The van der Waals surface area contributed by atoms with Gasteiger partial charge in [-0.3, -0.25) is 9.78 Å². The topological polar surface area (TPSA) is 111 Å². The molecule has 3 N–H and O–H groups in total. The Kier molecular flexibility index (Phi) is 7.40. The Morgan fingerprint density at radius 1 is 1.09 bits per heavy atom. The average Bonchev–Trinajstić information content (AvgIpc) is 2.90. The molecule has 4 rings (SSSR count). The molecule has 0 aliphatic carbocycles. The highest BCUT2D eigenvalue weighted by Gasteiger charge is 2.17. The number of anilines is 1. The molecule has 1 amide bonds. The molecule has 2 aromatic carbocycles. The van der Waals surface area contributed by atoms with Crippen LogP contribution in [-0.4, -0.2) is 27.5 Å². The first kappa shape index (κ1) is 23.5. The zero-order valence-electron chi connectivity index (χ0n) is 18.6. The summed E-state index contributed by atoms with van der Waals surface area (Å²) >= 11 is 0. The van der Waals surface area contributed by atoms with Crippen molar-refractivity contribution >= 4 is 11.7 Å². The number of benzene rings is 2. The molecule has 2 aromatic heterocycles. The lowest BCUT2D eigenvalue weighted by atomic mass is 10.0. The molecule has 0 aliphatic rings. The van der Waals surface area contributed by atoms with Crippen molar-refractivity contribution in [2.24, 2.45) is 0 Å². The van der Waals surface area contributed by atoms with Gasteiger partial charge in [0.2, 0.25) is 0 Å². The molecule has 0 saturated heterocycles. The zero-order valence-corrected chi connectivity index (χ0v) is 18.6. The average molecular weight is 468 g/mol. The minimum Gasteiger partial charge on any atom is -0.387 e. The minimum absolute atomic E-state index is 0.0112. The molecule has 35 heavy (non-hydrogen) atoms. The predicted molar refractivity (Wildman–Crippen MR) is 130 cm³/mol. The van der Waals surface area contributed by atoms with Crippen LogP contribution in [0.4, 0.5) is 10.2 Å². The van der Waals surface area contributed by atoms with Gasteiger partial charge >= 0.3 is 0 Å². The number of nitrogens with one attached hydrogen (secondary N) is 2. The van der Waals surface area contributed by atoms with Crippen molar-refractivity contribution in [3.63, 3.8) is 0 Å². The highest BCUT2D eigenvalue weighted by Crippen LogP contribution is 2.26. The summed E-state index contributed by atoms with van der Waals surface area (Å²) in [6, 6.07) is 21.8. The van der Waals surface area contributed by atoms with Crippen molar-refractivity contribution in [3.8, 4) is 17.3 Å². The van der Waals surface area contributed by atoms with Crippen LogP contribution in [0.25, 0.3) is 11.3 Å². The van der Waals surface area contributed by atoms with Crippen LogP contribution in [0.1, 0.15) is 33.2 Å². The van der Waals surface area contributed by atoms with Crippen LogP contribution in [0.2, 0.25) is 0 Å². The fourth-order valence-electron chi connectivity index (χ4n) is 3.54. The predicted octanol–water partition coefficient (Wildman–Crippen LogP) is 4.23. The molecule has 0 fully saturated rings. The number of nitrogens with zero attached hydrogens (tertiary/aromatic N) is 3. The van der Waals surface area contributed by atoms with E-state index in [0.29, 0.717) is 22.4 Å². The maximum Gasteiger partial charge on any atom is 0.255 e. The van der Waals surface area contributed by atoms with Gasteiger partial charge in [0.25, 0.3) is 5.91 Å². The van der Waals surface area contributed by atoms with Crippen molar-refractivity contribution in [1.82, 2.24) is 15.3 Å². The maximum absolute atomic E-state index is 13.6. The number of amides is 1. The second-order valence-corrected chi connectivity index (χ2v) is 7.75. The van der Waals surface area contributed by atoms with Crippen molar-refractivity contribution in [2.75, 3.05) is 11.9 Å². The molecule has 0 aliphatic heterocycles. The molecule has 174 valence electrons. The van der Waals surface area contributed by atoms with E-state index < -0.39 is 11.9 Å². The van der Waals surface area contributed by atoms with Gasteiger partial charge in [0.1, 0.15) is 11.6 Å². The lowest BCUT2D eigenvalue weighted by molar-refractivity contribution is 0.0951. The summed E-state index contributed by atoms with van der Waals surface area (Å²) in [5, 5.41) is 25.9. The van der Waals surface area contributed by atoms with Gasteiger partial charge in [0.15, 0.2) is 0 Å². The summed E-state index contributed by atoms with van der Waals surface area (Å²) < 4.78 is 13.6. The summed E-state index contributed by atoms with van der Waals surface area (Å²) in [6.45, 7) is 0.264. The number of pyridine rings is 2. The lowest BCUT2D eigenvalue weighted by Crippen LogP contribution is -2.25. The van der Waals surface area contributed by atoms with E-state index in [9.17, 15) is 19.6 Å². The minimum atomic E-state index is -1.03. The number of carbonyl (C=O) groups is 1. The van der Waals surface area contributed by atoms with Crippen LogP contribution in [0, 0.1) is 17.1 Å². The van der Waals surface area contributed by atoms with Crippen LogP contribution in [0.5, 0.6) is 0 Å². The third-order valence-corrected chi connectivity index (χ3v) is 5.34. The Hall–Kier alpha value is -4.61. The maximum atomic E-state index is 13.6. The van der Waals surface area contributed by atoms with Gasteiger partial charge in [0, 0.05) is 31.0 Å². The van der Waals surface area contributed by atoms with Crippen molar-refractivity contribution in [3.05, 3.63) is 113 Å². The van der Waals surface area contributed by atoms with Crippen LogP contribution in [-0.2, 0) is 6.54 Å². The summed E-state index contributed by atoms with van der Waals surface area (Å²) in [5.74, 6) is -0.594. The van der Waals surface area contributed by atoms with Gasteiger partial charge < -0.3 is 15.7 Å². The highest BCUT2D eigenvalue weighted by atomic mass is 19.1. The Bertz CT molecular complexity index is 1370. The normalized spacial score (nSPS) is 11.3. The summed E-state index contributed by atoms with van der Waals surface area (Å²) in [6.07, 6.45) is 2.28. The second-order valence-electron chi connectivity index (χ2n) is 7.75. The Labute approximate surface area is 201 Å². The van der Waals surface area contributed by atoms with Crippen molar-refractivity contribution in [1.29, 1.82) is 5.26 Å². The van der Waals surface area contributed by atoms with Gasteiger partial charge in [-0.2, -0.15) is 5.26 Å². The monoisotopic (exact) mass is 467 g/mol. The first-order valence-corrected chi connectivity index (χ1v) is 10.9. The number of halogens is 1. The van der Waals surface area contributed by atoms with Gasteiger partial charge in [-0.05, 0) is 47.5 Å². The fraction of sp³-hybridized carbons (Fsp3) is 0.111. The molecule has 2 heterocycles. The standard InChI is InChI=1S/C27H22FN5O2/c28-21-8-3-7-19(13-21)25(34)17-31-26-23(27(35)32-16-18-5-4-12-30-15-18)10-11-24(33-26)22-9-2-1-6-20(22)14-29/h1-13,15,25,34H,16-17H2,(H,31,33)(H,32,35). The van der Waals surface area contributed by atoms with E-state index in [1.54, 1.807) is 60.9 Å². The summed E-state index contributed by atoms with van der Waals surface area (Å²) in [5.41, 5.74) is 3.05. The third-order valence-electron chi connectivity index (χ3n) is 5.34. The van der Waals surface area contributed by atoms with E-state index >= 15 is 0 Å². The lowest BCUT2D eigenvalue weighted by Gasteiger charge is -2.16. The van der Waals surface area contributed by atoms with E-state index in [1.165, 1.54) is 18.2 Å². The number of hydrogen-bond donors (Lipinski definition) is 3. The van der Waals surface area contributed by atoms with Crippen LogP contribution in [0.15, 0.2) is 85.2 Å². The van der Waals surface area contributed by atoms with Crippen molar-refractivity contribution < 1.29 is 14.3 Å². The first-order chi connectivity index (χ1) is 17.0. The van der Waals surface area contributed by atoms with E-state index in [-0.39, 0.29) is 30.4 Å². The van der Waals surface area contributed by atoms with Crippen molar-refractivity contribution in [2.45, 2.75) is 12.6 Å². The molecule has 4 aromatic rings. The molecule has 0 radical (unpaired) electrons. The number of aliphatic hydroxyl groups is 1. The second kappa shape index (κ2) is 11.0. The largest absolute Gasteiger partial charge is 0.387 e. The van der Waals surface area contributed by atoms with Crippen LogP contribution < -0.4 is 10.6 Å². The Morgan fingerprint density at radius 3 is 2.71 bits per heavy atom. The van der Waals surface area contributed by atoms with Gasteiger partial charge in [-0.15, -0.1) is 0 Å². The van der Waals surface area contributed by atoms with E-state index in [1.807, 2.05) is 6.07 Å². The molecular formula is C27H22FN5O2. The Morgan fingerprint density at radius 2 is 1.94 bits per heavy atom. The van der Waals surface area contributed by atoms with Crippen LogP contribution >= 0.6 is 0 Å². The molecule has 0 spiro atoms. The number of aliphatic hydroxyl groups excluding tert-OH is 1. The van der Waals surface area contributed by atoms with E-state index in [4.69, 9.17) is 0 Å². The number of nitriles is 1. The third kappa shape index (κ3) is 5.85. The van der Waals surface area contributed by atoms with Crippen LogP contribution in [0.3, 0.4) is 0 Å². The number of hydrogen-bond acceptors (Lipinski definition) is 6. The van der Waals surface area contributed by atoms with Gasteiger partial charge in [-0.25, -0.2) is 9.37 Å². The number of carbonyl (C=O) groups excluding carboxylic acids is 1. The molecule has 1 unspecified atom stereocenters.